The zero-order valence-corrected chi connectivity index (χ0v) is 8.32. The molecule has 1 atom stereocenters. The standard InChI is InChI=1S/C11H11NO3/c1-2-7-3-5-8(6-4-7)9-10(13)12-11(14)15-9/h3-6,9H,2H2,1H3,(H,12,13,14). The van der Waals surface area contributed by atoms with E-state index < -0.39 is 18.1 Å². The van der Waals surface area contributed by atoms with Crippen LogP contribution in [0.3, 0.4) is 0 Å². The summed E-state index contributed by atoms with van der Waals surface area (Å²) in [5.41, 5.74) is 1.89. The summed E-state index contributed by atoms with van der Waals surface area (Å²) in [5.74, 6) is -0.399. The van der Waals surface area contributed by atoms with Gasteiger partial charge >= 0.3 is 6.09 Å². The Morgan fingerprint density at radius 1 is 1.27 bits per heavy atom. The van der Waals surface area contributed by atoms with Gasteiger partial charge in [0.15, 0.2) is 0 Å². The number of rotatable bonds is 2. The summed E-state index contributed by atoms with van der Waals surface area (Å²) in [6.07, 6.45) is -0.523. The first-order chi connectivity index (χ1) is 7.20. The normalized spacial score (nSPS) is 19.9. The first-order valence-corrected chi connectivity index (χ1v) is 4.81. The van der Waals surface area contributed by atoms with Gasteiger partial charge in [0.2, 0.25) is 6.10 Å². The van der Waals surface area contributed by atoms with Crippen molar-refractivity contribution in [1.82, 2.24) is 5.32 Å². The molecule has 0 spiro atoms. The van der Waals surface area contributed by atoms with Crippen LogP contribution in [0.2, 0.25) is 0 Å². The lowest BCUT2D eigenvalue weighted by molar-refractivity contribution is -0.123. The van der Waals surface area contributed by atoms with E-state index in [4.69, 9.17) is 4.74 Å². The Bertz CT molecular complexity index is 397. The number of cyclic esters (lactones) is 1. The maximum absolute atomic E-state index is 11.3. The molecule has 78 valence electrons. The first-order valence-electron chi connectivity index (χ1n) is 4.81. The number of aryl methyl sites for hydroxylation is 1. The van der Waals surface area contributed by atoms with Crippen molar-refractivity contribution < 1.29 is 14.3 Å². The monoisotopic (exact) mass is 205 g/mol. The summed E-state index contributed by atoms with van der Waals surface area (Å²) in [4.78, 5) is 22.1. The average Bonchev–Trinajstić information content (AvgIpc) is 2.58. The van der Waals surface area contributed by atoms with Gasteiger partial charge in [-0.25, -0.2) is 4.79 Å². The fourth-order valence-electron chi connectivity index (χ4n) is 1.50. The second-order valence-electron chi connectivity index (χ2n) is 3.37. The first kappa shape index (κ1) is 9.71. The second-order valence-corrected chi connectivity index (χ2v) is 3.37. The van der Waals surface area contributed by atoms with Crippen molar-refractivity contribution >= 4 is 12.0 Å². The van der Waals surface area contributed by atoms with Gasteiger partial charge in [-0.3, -0.25) is 10.1 Å². The highest BCUT2D eigenvalue weighted by atomic mass is 16.6. The zero-order chi connectivity index (χ0) is 10.8. The number of imide groups is 1. The van der Waals surface area contributed by atoms with Crippen molar-refractivity contribution in [2.75, 3.05) is 0 Å². The van der Waals surface area contributed by atoms with Crippen LogP contribution >= 0.6 is 0 Å². The third-order valence-electron chi connectivity index (χ3n) is 2.38. The van der Waals surface area contributed by atoms with Gasteiger partial charge in [0.1, 0.15) is 0 Å². The maximum atomic E-state index is 11.3. The molecule has 1 aromatic carbocycles. The van der Waals surface area contributed by atoms with Crippen molar-refractivity contribution in [3.8, 4) is 0 Å². The molecule has 1 heterocycles. The van der Waals surface area contributed by atoms with Gasteiger partial charge in [0.25, 0.3) is 5.91 Å². The van der Waals surface area contributed by atoms with Crippen LogP contribution in [0.25, 0.3) is 0 Å². The Kier molecular flexibility index (Phi) is 2.41. The molecular formula is C11H11NO3. The van der Waals surface area contributed by atoms with Gasteiger partial charge in [-0.15, -0.1) is 0 Å². The van der Waals surface area contributed by atoms with Crippen LogP contribution in [-0.2, 0) is 16.0 Å². The summed E-state index contributed by atoms with van der Waals surface area (Å²) in [7, 11) is 0. The topological polar surface area (TPSA) is 55.4 Å². The number of nitrogens with one attached hydrogen (secondary N) is 1. The average molecular weight is 205 g/mol. The molecular weight excluding hydrogens is 194 g/mol. The minimum atomic E-state index is -0.789. The van der Waals surface area contributed by atoms with E-state index >= 15 is 0 Å². The Balaban J connectivity index is 2.22. The Morgan fingerprint density at radius 2 is 1.93 bits per heavy atom. The van der Waals surface area contributed by atoms with Crippen LogP contribution in [0.15, 0.2) is 24.3 Å². The molecule has 2 amide bonds. The third-order valence-corrected chi connectivity index (χ3v) is 2.38. The van der Waals surface area contributed by atoms with E-state index in [1.807, 2.05) is 24.3 Å². The van der Waals surface area contributed by atoms with Crippen LogP contribution in [0.1, 0.15) is 24.2 Å². The fourth-order valence-corrected chi connectivity index (χ4v) is 1.50. The highest BCUT2D eigenvalue weighted by Gasteiger charge is 2.33. The van der Waals surface area contributed by atoms with E-state index in [0.717, 1.165) is 6.42 Å². The van der Waals surface area contributed by atoms with E-state index in [1.165, 1.54) is 5.56 Å². The van der Waals surface area contributed by atoms with Crippen molar-refractivity contribution in [1.29, 1.82) is 0 Å². The number of hydrogen-bond donors (Lipinski definition) is 1. The number of ether oxygens (including phenoxy) is 1. The smallest absolute Gasteiger partial charge is 0.415 e. The summed E-state index contributed by atoms with van der Waals surface area (Å²) in [6.45, 7) is 2.05. The molecule has 1 aliphatic heterocycles. The lowest BCUT2D eigenvalue weighted by Gasteiger charge is -2.06. The third kappa shape index (κ3) is 1.83. The molecule has 1 N–H and O–H groups in total. The summed E-state index contributed by atoms with van der Waals surface area (Å²) >= 11 is 0. The van der Waals surface area contributed by atoms with E-state index in [1.54, 1.807) is 0 Å². The number of alkyl carbamates (subject to hydrolysis) is 1. The minimum absolute atomic E-state index is 0.399. The molecule has 0 aromatic heterocycles. The number of carbonyl (C=O) groups excluding carboxylic acids is 2. The molecule has 1 aliphatic rings. The van der Waals surface area contributed by atoms with E-state index in [9.17, 15) is 9.59 Å². The van der Waals surface area contributed by atoms with Gasteiger partial charge in [-0.2, -0.15) is 0 Å². The molecule has 1 unspecified atom stereocenters. The highest BCUT2D eigenvalue weighted by Crippen LogP contribution is 2.22. The number of carbonyl (C=O) groups is 2. The van der Waals surface area contributed by atoms with Gasteiger partial charge in [0.05, 0.1) is 0 Å². The van der Waals surface area contributed by atoms with Gasteiger partial charge in [-0.1, -0.05) is 31.2 Å². The maximum Gasteiger partial charge on any atom is 0.415 e. The molecule has 0 radical (unpaired) electrons. The summed E-state index contributed by atoms with van der Waals surface area (Å²) in [6, 6.07) is 7.47. The predicted molar refractivity (Wildman–Crippen MR) is 53.2 cm³/mol. The molecule has 1 aromatic rings. The molecule has 1 fully saturated rings. The Labute approximate surface area is 87.2 Å². The number of benzene rings is 1. The Hall–Kier alpha value is -1.84. The second kappa shape index (κ2) is 3.73. The lowest BCUT2D eigenvalue weighted by Crippen LogP contribution is -2.20. The zero-order valence-electron chi connectivity index (χ0n) is 8.32. The molecule has 0 aliphatic carbocycles. The van der Waals surface area contributed by atoms with Crippen molar-refractivity contribution in [3.63, 3.8) is 0 Å². The van der Waals surface area contributed by atoms with E-state index in [-0.39, 0.29) is 0 Å². The molecule has 2 rings (SSSR count). The quantitative estimate of drug-likeness (QED) is 0.797. The molecule has 0 saturated carbocycles. The van der Waals surface area contributed by atoms with Gasteiger partial charge in [-0.05, 0) is 12.0 Å². The van der Waals surface area contributed by atoms with Crippen LogP contribution < -0.4 is 5.32 Å². The molecule has 4 nitrogen and oxygen atoms in total. The Morgan fingerprint density at radius 3 is 2.40 bits per heavy atom. The largest absolute Gasteiger partial charge is 0.431 e. The lowest BCUT2D eigenvalue weighted by atomic mass is 10.1. The molecule has 0 bridgehead atoms. The van der Waals surface area contributed by atoms with Gasteiger partial charge < -0.3 is 4.74 Å². The summed E-state index contributed by atoms with van der Waals surface area (Å²) < 4.78 is 4.83. The SMILES string of the molecule is CCc1ccc(C2OC(=O)NC2=O)cc1. The molecule has 1 saturated heterocycles. The van der Waals surface area contributed by atoms with Crippen LogP contribution in [0.4, 0.5) is 4.79 Å². The predicted octanol–water partition coefficient (Wildman–Crippen LogP) is 1.56. The fraction of sp³-hybridized carbons (Fsp3) is 0.273. The highest BCUT2D eigenvalue weighted by molar-refractivity contribution is 6.00. The van der Waals surface area contributed by atoms with Crippen LogP contribution in [0.5, 0.6) is 0 Å². The number of hydrogen-bond acceptors (Lipinski definition) is 3. The van der Waals surface area contributed by atoms with Crippen molar-refractivity contribution in [2.24, 2.45) is 0 Å². The molecule has 15 heavy (non-hydrogen) atoms. The van der Waals surface area contributed by atoms with Crippen molar-refractivity contribution in [3.05, 3.63) is 35.4 Å². The molecule has 4 heteroatoms. The van der Waals surface area contributed by atoms with Crippen LogP contribution in [-0.4, -0.2) is 12.0 Å². The minimum Gasteiger partial charge on any atom is -0.431 e. The summed E-state index contributed by atoms with van der Waals surface area (Å²) in [5, 5.41) is 2.09. The van der Waals surface area contributed by atoms with Crippen LogP contribution in [0, 0.1) is 0 Å². The van der Waals surface area contributed by atoms with E-state index in [0.29, 0.717) is 5.56 Å². The van der Waals surface area contributed by atoms with Gasteiger partial charge in [0, 0.05) is 5.56 Å². The number of amides is 2. The van der Waals surface area contributed by atoms with E-state index in [2.05, 4.69) is 12.2 Å². The van der Waals surface area contributed by atoms with Crippen molar-refractivity contribution in [2.45, 2.75) is 19.4 Å².